The number of ether oxygens (including phenoxy) is 1. The van der Waals surface area contributed by atoms with Crippen LogP contribution in [0.1, 0.15) is 24.5 Å². The van der Waals surface area contributed by atoms with E-state index < -0.39 is 0 Å². The van der Waals surface area contributed by atoms with Crippen LogP contribution in [0.3, 0.4) is 0 Å². The molecule has 0 saturated carbocycles. The molecule has 0 aromatic heterocycles. The van der Waals surface area contributed by atoms with E-state index in [4.69, 9.17) is 16.3 Å². The molecular formula is C19H21ClN2O2. The van der Waals surface area contributed by atoms with Gasteiger partial charge in [0, 0.05) is 10.7 Å². The minimum Gasteiger partial charge on any atom is -0.495 e. The Morgan fingerprint density at radius 3 is 2.75 bits per heavy atom. The van der Waals surface area contributed by atoms with E-state index in [9.17, 15) is 4.79 Å². The Labute approximate surface area is 147 Å². The maximum absolute atomic E-state index is 12.5. The number of carbonyl (C=O) groups is 1. The van der Waals surface area contributed by atoms with Gasteiger partial charge in [0.25, 0.3) is 0 Å². The maximum Gasteiger partial charge on any atom is 0.246 e. The lowest BCUT2D eigenvalue weighted by molar-refractivity contribution is -0.116. The summed E-state index contributed by atoms with van der Waals surface area (Å²) in [4.78, 5) is 12.5. The zero-order valence-electron chi connectivity index (χ0n) is 13.9. The predicted molar refractivity (Wildman–Crippen MR) is 98.2 cm³/mol. The van der Waals surface area contributed by atoms with Crippen molar-refractivity contribution < 1.29 is 9.53 Å². The monoisotopic (exact) mass is 344 g/mol. The number of benzene rings is 2. The van der Waals surface area contributed by atoms with Gasteiger partial charge >= 0.3 is 0 Å². The van der Waals surface area contributed by atoms with E-state index in [0.29, 0.717) is 16.5 Å². The average molecular weight is 345 g/mol. The van der Waals surface area contributed by atoms with Gasteiger partial charge in [-0.1, -0.05) is 17.7 Å². The summed E-state index contributed by atoms with van der Waals surface area (Å²) in [5.74, 6) is 0.438. The van der Waals surface area contributed by atoms with Crippen molar-refractivity contribution in [3.63, 3.8) is 0 Å². The van der Waals surface area contributed by atoms with Crippen molar-refractivity contribution in [2.24, 2.45) is 0 Å². The van der Waals surface area contributed by atoms with E-state index in [2.05, 4.69) is 22.8 Å². The van der Waals surface area contributed by atoms with Crippen LogP contribution in [-0.4, -0.2) is 19.1 Å². The van der Waals surface area contributed by atoms with E-state index in [1.807, 2.05) is 13.0 Å². The van der Waals surface area contributed by atoms with Crippen molar-refractivity contribution in [1.29, 1.82) is 0 Å². The van der Waals surface area contributed by atoms with E-state index in [-0.39, 0.29) is 11.9 Å². The Balaban J connectivity index is 1.68. The summed E-state index contributed by atoms with van der Waals surface area (Å²) in [6.07, 6.45) is 3.48. The standard InChI is InChI=1S/C19H21ClN2O2/c1-12(21-16-8-6-13-4-3-5-14(13)10-16)19(23)22-17-11-15(20)7-9-18(17)24-2/h6-12,21H,3-5H2,1-2H3,(H,22,23). The molecule has 0 spiro atoms. The Morgan fingerprint density at radius 2 is 1.96 bits per heavy atom. The number of anilines is 2. The van der Waals surface area contributed by atoms with Gasteiger partial charge in [-0.05, 0) is 67.6 Å². The fourth-order valence-electron chi connectivity index (χ4n) is 3.00. The smallest absolute Gasteiger partial charge is 0.246 e. The maximum atomic E-state index is 12.5. The number of carbonyl (C=O) groups excluding carboxylic acids is 1. The molecule has 3 rings (SSSR count). The Kier molecular flexibility index (Phi) is 4.95. The Bertz CT molecular complexity index is 761. The van der Waals surface area contributed by atoms with Crippen molar-refractivity contribution in [3.8, 4) is 5.75 Å². The summed E-state index contributed by atoms with van der Waals surface area (Å²) in [5.41, 5.74) is 4.33. The fourth-order valence-corrected chi connectivity index (χ4v) is 3.17. The Hall–Kier alpha value is -2.20. The van der Waals surface area contributed by atoms with Gasteiger partial charge in [-0.2, -0.15) is 0 Å². The van der Waals surface area contributed by atoms with Gasteiger partial charge in [0.05, 0.1) is 12.8 Å². The molecule has 24 heavy (non-hydrogen) atoms. The zero-order valence-corrected chi connectivity index (χ0v) is 14.6. The summed E-state index contributed by atoms with van der Waals surface area (Å²) in [6.45, 7) is 1.83. The first-order valence-electron chi connectivity index (χ1n) is 8.09. The van der Waals surface area contributed by atoms with Crippen LogP contribution in [0, 0.1) is 0 Å². The number of nitrogens with one attached hydrogen (secondary N) is 2. The third kappa shape index (κ3) is 3.65. The molecular weight excluding hydrogens is 324 g/mol. The molecule has 1 amide bonds. The molecule has 5 heteroatoms. The lowest BCUT2D eigenvalue weighted by atomic mass is 10.1. The molecule has 1 unspecified atom stereocenters. The number of aryl methyl sites for hydroxylation is 2. The SMILES string of the molecule is COc1ccc(Cl)cc1NC(=O)C(C)Nc1ccc2c(c1)CCC2. The summed E-state index contributed by atoms with van der Waals surface area (Å²) in [5, 5.41) is 6.67. The summed E-state index contributed by atoms with van der Waals surface area (Å²) < 4.78 is 5.26. The summed E-state index contributed by atoms with van der Waals surface area (Å²) in [7, 11) is 1.56. The molecule has 4 nitrogen and oxygen atoms in total. The summed E-state index contributed by atoms with van der Waals surface area (Å²) in [6, 6.07) is 11.1. The molecule has 0 radical (unpaired) electrons. The van der Waals surface area contributed by atoms with Gasteiger partial charge in [-0.15, -0.1) is 0 Å². The predicted octanol–water partition coefficient (Wildman–Crippen LogP) is 4.28. The zero-order chi connectivity index (χ0) is 17.1. The number of halogens is 1. The molecule has 2 aromatic carbocycles. The minimum absolute atomic E-state index is 0.143. The molecule has 0 bridgehead atoms. The molecule has 1 aliphatic carbocycles. The van der Waals surface area contributed by atoms with E-state index in [0.717, 1.165) is 18.5 Å². The van der Waals surface area contributed by atoms with Gasteiger partial charge < -0.3 is 15.4 Å². The lowest BCUT2D eigenvalue weighted by Gasteiger charge is -2.17. The number of rotatable bonds is 5. The topological polar surface area (TPSA) is 50.4 Å². The van der Waals surface area contributed by atoms with Gasteiger partial charge in [0.15, 0.2) is 0 Å². The highest BCUT2D eigenvalue weighted by Crippen LogP contribution is 2.28. The van der Waals surface area contributed by atoms with Crippen molar-refractivity contribution in [3.05, 3.63) is 52.5 Å². The van der Waals surface area contributed by atoms with Gasteiger partial charge in [0.2, 0.25) is 5.91 Å². The van der Waals surface area contributed by atoms with Crippen molar-refractivity contribution in [1.82, 2.24) is 0 Å². The molecule has 1 aliphatic rings. The fraction of sp³-hybridized carbons (Fsp3) is 0.316. The van der Waals surface area contributed by atoms with Crippen LogP contribution in [0.2, 0.25) is 5.02 Å². The molecule has 2 aromatic rings. The highest BCUT2D eigenvalue weighted by Gasteiger charge is 2.17. The number of amides is 1. The van der Waals surface area contributed by atoms with Gasteiger partial charge in [-0.3, -0.25) is 4.79 Å². The highest BCUT2D eigenvalue weighted by atomic mass is 35.5. The van der Waals surface area contributed by atoms with Crippen molar-refractivity contribution in [2.45, 2.75) is 32.2 Å². The van der Waals surface area contributed by atoms with Gasteiger partial charge in [-0.25, -0.2) is 0 Å². The van der Waals surface area contributed by atoms with Crippen molar-refractivity contribution >= 4 is 28.9 Å². The van der Waals surface area contributed by atoms with E-state index >= 15 is 0 Å². The van der Waals surface area contributed by atoms with Crippen LogP contribution in [0.5, 0.6) is 5.75 Å². The molecule has 0 saturated heterocycles. The van der Waals surface area contributed by atoms with Crippen LogP contribution in [0.25, 0.3) is 0 Å². The number of hydrogen-bond acceptors (Lipinski definition) is 3. The average Bonchev–Trinajstić information content (AvgIpc) is 3.02. The molecule has 0 heterocycles. The highest BCUT2D eigenvalue weighted by molar-refractivity contribution is 6.31. The van der Waals surface area contributed by atoms with Gasteiger partial charge in [0.1, 0.15) is 11.8 Å². The molecule has 0 aliphatic heterocycles. The molecule has 0 fully saturated rings. The summed E-state index contributed by atoms with van der Waals surface area (Å²) >= 11 is 6.00. The second kappa shape index (κ2) is 7.14. The molecule has 2 N–H and O–H groups in total. The lowest BCUT2D eigenvalue weighted by Crippen LogP contribution is -2.32. The number of methoxy groups -OCH3 is 1. The first-order chi connectivity index (χ1) is 11.6. The van der Waals surface area contributed by atoms with Crippen LogP contribution in [-0.2, 0) is 17.6 Å². The first kappa shape index (κ1) is 16.7. The first-order valence-corrected chi connectivity index (χ1v) is 8.47. The number of hydrogen-bond donors (Lipinski definition) is 2. The minimum atomic E-state index is -0.381. The van der Waals surface area contributed by atoms with E-state index in [1.54, 1.807) is 25.3 Å². The normalized spacial score (nSPS) is 14.0. The second-order valence-corrected chi connectivity index (χ2v) is 6.47. The molecule has 126 valence electrons. The van der Waals surface area contributed by atoms with Crippen LogP contribution in [0.15, 0.2) is 36.4 Å². The van der Waals surface area contributed by atoms with Crippen LogP contribution < -0.4 is 15.4 Å². The Morgan fingerprint density at radius 1 is 1.17 bits per heavy atom. The molecule has 1 atom stereocenters. The van der Waals surface area contributed by atoms with E-state index in [1.165, 1.54) is 17.5 Å². The van der Waals surface area contributed by atoms with Crippen LogP contribution >= 0.6 is 11.6 Å². The third-order valence-electron chi connectivity index (χ3n) is 4.29. The quantitative estimate of drug-likeness (QED) is 0.851. The van der Waals surface area contributed by atoms with Crippen molar-refractivity contribution in [2.75, 3.05) is 17.7 Å². The van der Waals surface area contributed by atoms with Crippen LogP contribution in [0.4, 0.5) is 11.4 Å². The number of fused-ring (bicyclic) bond motifs is 1. The third-order valence-corrected chi connectivity index (χ3v) is 4.53. The largest absolute Gasteiger partial charge is 0.495 e. The second-order valence-electron chi connectivity index (χ2n) is 6.04.